The second-order valence-corrected chi connectivity index (χ2v) is 7.06. The molecule has 18 heavy (non-hydrogen) atoms. The molecule has 0 aromatic carbocycles. The number of unbranched alkanes of at least 4 members (excludes halogenated alkanes) is 1. The summed E-state index contributed by atoms with van der Waals surface area (Å²) in [6.45, 7) is 6.63. The number of thioether (sulfide) groups is 1. The fourth-order valence-electron chi connectivity index (χ4n) is 1.92. The minimum Gasteiger partial charge on any atom is -0.297 e. The summed E-state index contributed by atoms with van der Waals surface area (Å²) in [5.74, 6) is 3.37. The SMILES string of the molecule is CCC(C)CSCCCCC(C)(C#N)NC1CC1. The van der Waals surface area contributed by atoms with Crippen LogP contribution in [0.1, 0.15) is 59.3 Å². The number of nitriles is 1. The third-order valence-corrected chi connectivity index (χ3v) is 5.04. The molecule has 1 aliphatic rings. The highest BCUT2D eigenvalue weighted by molar-refractivity contribution is 7.99. The van der Waals surface area contributed by atoms with Gasteiger partial charge in [0.05, 0.1) is 6.07 Å². The summed E-state index contributed by atoms with van der Waals surface area (Å²) in [6.07, 6.45) is 7.18. The maximum absolute atomic E-state index is 9.25. The Kier molecular flexibility index (Phi) is 7.11. The Morgan fingerprint density at radius 3 is 2.72 bits per heavy atom. The topological polar surface area (TPSA) is 35.8 Å². The minimum atomic E-state index is -0.289. The molecule has 0 bridgehead atoms. The first kappa shape index (κ1) is 15.9. The van der Waals surface area contributed by atoms with Crippen molar-refractivity contribution < 1.29 is 0 Å². The van der Waals surface area contributed by atoms with Crippen molar-refractivity contribution in [3.8, 4) is 6.07 Å². The molecule has 0 aromatic heterocycles. The lowest BCUT2D eigenvalue weighted by atomic mass is 9.96. The molecule has 1 N–H and O–H groups in total. The van der Waals surface area contributed by atoms with E-state index in [0.717, 1.165) is 18.8 Å². The largest absolute Gasteiger partial charge is 0.297 e. The van der Waals surface area contributed by atoms with Crippen LogP contribution in [-0.2, 0) is 0 Å². The quantitative estimate of drug-likeness (QED) is 0.609. The highest BCUT2D eigenvalue weighted by Gasteiger charge is 2.31. The van der Waals surface area contributed by atoms with Crippen LogP contribution in [0.5, 0.6) is 0 Å². The summed E-state index contributed by atoms with van der Waals surface area (Å²) in [5.41, 5.74) is -0.289. The second-order valence-electron chi connectivity index (χ2n) is 5.91. The standard InChI is InChI=1S/C15H28N2S/c1-4-13(2)11-18-10-6-5-9-15(3,12-16)17-14-7-8-14/h13-14,17H,4-11H2,1-3H3. The molecule has 0 amide bonds. The van der Waals surface area contributed by atoms with Crippen molar-refractivity contribution in [1.82, 2.24) is 5.32 Å². The van der Waals surface area contributed by atoms with Gasteiger partial charge in [0.2, 0.25) is 0 Å². The van der Waals surface area contributed by atoms with E-state index in [4.69, 9.17) is 0 Å². The van der Waals surface area contributed by atoms with Crippen molar-refractivity contribution in [3.63, 3.8) is 0 Å². The number of hydrogen-bond donors (Lipinski definition) is 1. The number of hydrogen-bond acceptors (Lipinski definition) is 3. The maximum Gasteiger partial charge on any atom is 0.104 e. The fraction of sp³-hybridized carbons (Fsp3) is 0.933. The van der Waals surface area contributed by atoms with E-state index in [1.54, 1.807) is 0 Å². The first-order valence-electron chi connectivity index (χ1n) is 7.36. The Balaban J connectivity index is 2.03. The van der Waals surface area contributed by atoms with E-state index in [-0.39, 0.29) is 5.54 Å². The van der Waals surface area contributed by atoms with Gasteiger partial charge in [-0.15, -0.1) is 0 Å². The van der Waals surface area contributed by atoms with E-state index >= 15 is 0 Å². The van der Waals surface area contributed by atoms with Crippen molar-refractivity contribution in [2.24, 2.45) is 5.92 Å². The Morgan fingerprint density at radius 2 is 2.17 bits per heavy atom. The van der Waals surface area contributed by atoms with Crippen LogP contribution in [0.25, 0.3) is 0 Å². The van der Waals surface area contributed by atoms with Gasteiger partial charge in [-0.05, 0) is 56.5 Å². The van der Waals surface area contributed by atoms with E-state index in [1.807, 2.05) is 0 Å². The average molecular weight is 268 g/mol. The summed E-state index contributed by atoms with van der Waals surface area (Å²) >= 11 is 2.07. The first-order valence-corrected chi connectivity index (χ1v) is 8.52. The third kappa shape index (κ3) is 6.66. The van der Waals surface area contributed by atoms with Gasteiger partial charge in [0, 0.05) is 6.04 Å². The van der Waals surface area contributed by atoms with Gasteiger partial charge < -0.3 is 0 Å². The maximum atomic E-state index is 9.25. The Bertz CT molecular complexity index is 270. The minimum absolute atomic E-state index is 0.289. The van der Waals surface area contributed by atoms with E-state index in [2.05, 4.69) is 43.9 Å². The Hall–Kier alpha value is -0.200. The lowest BCUT2D eigenvalue weighted by molar-refractivity contribution is 0.402. The fourth-order valence-corrected chi connectivity index (χ4v) is 3.14. The number of nitrogens with one attached hydrogen (secondary N) is 1. The summed E-state index contributed by atoms with van der Waals surface area (Å²) in [7, 11) is 0. The van der Waals surface area contributed by atoms with Gasteiger partial charge in [-0.25, -0.2) is 0 Å². The molecular formula is C15H28N2S. The van der Waals surface area contributed by atoms with E-state index in [0.29, 0.717) is 6.04 Å². The monoisotopic (exact) mass is 268 g/mol. The normalized spacial score (nSPS) is 20.1. The van der Waals surface area contributed by atoms with Crippen molar-refractivity contribution in [2.75, 3.05) is 11.5 Å². The van der Waals surface area contributed by atoms with Crippen LogP contribution >= 0.6 is 11.8 Å². The Morgan fingerprint density at radius 1 is 1.44 bits per heavy atom. The van der Waals surface area contributed by atoms with Crippen LogP contribution in [0.4, 0.5) is 0 Å². The van der Waals surface area contributed by atoms with Crippen molar-refractivity contribution in [2.45, 2.75) is 70.9 Å². The highest BCUT2D eigenvalue weighted by atomic mass is 32.2. The van der Waals surface area contributed by atoms with E-state index in [1.165, 1.54) is 37.2 Å². The smallest absolute Gasteiger partial charge is 0.104 e. The van der Waals surface area contributed by atoms with Gasteiger partial charge in [0.1, 0.15) is 5.54 Å². The summed E-state index contributed by atoms with van der Waals surface area (Å²) in [6, 6.07) is 3.07. The average Bonchev–Trinajstić information content (AvgIpc) is 3.17. The molecular weight excluding hydrogens is 240 g/mol. The third-order valence-electron chi connectivity index (χ3n) is 3.66. The highest BCUT2D eigenvalue weighted by Crippen LogP contribution is 2.25. The Labute approximate surface area is 117 Å². The predicted octanol–water partition coefficient (Wildman–Crippen LogP) is 3.97. The van der Waals surface area contributed by atoms with Crippen LogP contribution < -0.4 is 5.32 Å². The molecule has 1 fully saturated rings. The van der Waals surface area contributed by atoms with Crippen LogP contribution in [0, 0.1) is 17.2 Å². The molecule has 2 unspecified atom stereocenters. The molecule has 0 heterocycles. The van der Waals surface area contributed by atoms with E-state index < -0.39 is 0 Å². The number of rotatable bonds is 10. The molecule has 2 nitrogen and oxygen atoms in total. The molecule has 1 saturated carbocycles. The predicted molar refractivity (Wildman–Crippen MR) is 80.8 cm³/mol. The van der Waals surface area contributed by atoms with Crippen molar-refractivity contribution >= 4 is 11.8 Å². The lowest BCUT2D eigenvalue weighted by Crippen LogP contribution is -2.42. The van der Waals surface area contributed by atoms with Gasteiger partial charge in [-0.1, -0.05) is 20.3 Å². The summed E-state index contributed by atoms with van der Waals surface area (Å²) in [5, 5.41) is 12.7. The van der Waals surface area contributed by atoms with Crippen LogP contribution in [-0.4, -0.2) is 23.1 Å². The lowest BCUT2D eigenvalue weighted by Gasteiger charge is -2.23. The zero-order valence-electron chi connectivity index (χ0n) is 12.2. The van der Waals surface area contributed by atoms with E-state index in [9.17, 15) is 5.26 Å². The van der Waals surface area contributed by atoms with Crippen molar-refractivity contribution in [1.29, 1.82) is 5.26 Å². The van der Waals surface area contributed by atoms with Gasteiger partial charge >= 0.3 is 0 Å². The zero-order valence-corrected chi connectivity index (χ0v) is 13.0. The van der Waals surface area contributed by atoms with Gasteiger partial charge in [-0.2, -0.15) is 17.0 Å². The zero-order chi connectivity index (χ0) is 13.4. The molecule has 1 aliphatic carbocycles. The van der Waals surface area contributed by atoms with Gasteiger partial charge in [0.25, 0.3) is 0 Å². The molecule has 0 aliphatic heterocycles. The molecule has 104 valence electrons. The van der Waals surface area contributed by atoms with Gasteiger partial charge in [-0.3, -0.25) is 5.32 Å². The molecule has 3 heteroatoms. The second kappa shape index (κ2) is 8.07. The molecule has 0 aromatic rings. The van der Waals surface area contributed by atoms with Crippen LogP contribution in [0.2, 0.25) is 0 Å². The summed E-state index contributed by atoms with van der Waals surface area (Å²) in [4.78, 5) is 0. The van der Waals surface area contributed by atoms with Crippen LogP contribution in [0.15, 0.2) is 0 Å². The molecule has 2 atom stereocenters. The molecule has 0 saturated heterocycles. The number of nitrogens with zero attached hydrogens (tertiary/aromatic N) is 1. The first-order chi connectivity index (χ1) is 8.59. The van der Waals surface area contributed by atoms with Crippen LogP contribution in [0.3, 0.4) is 0 Å². The molecule has 0 spiro atoms. The summed E-state index contributed by atoms with van der Waals surface area (Å²) < 4.78 is 0. The van der Waals surface area contributed by atoms with Crippen molar-refractivity contribution in [3.05, 3.63) is 0 Å². The molecule has 1 rings (SSSR count). The van der Waals surface area contributed by atoms with Gasteiger partial charge in [0.15, 0.2) is 0 Å². The molecule has 0 radical (unpaired) electrons.